The van der Waals surface area contributed by atoms with Crippen molar-refractivity contribution in [2.45, 2.75) is 58.9 Å². The predicted octanol–water partition coefficient (Wildman–Crippen LogP) is -2.03. The first kappa shape index (κ1) is 39.6. The Morgan fingerprint density at radius 2 is 1.59 bits per heavy atom. The SMILES string of the molecule is CN/C(C)=C\C(=O)Cc1ccc(C[N-]C(=O)COCCC[N-]C(=O)NCCCCCC(C)=O)cc1.[Rb+].[Rb+]. The molecular formula is C26H38N4O5Rb2. The van der Waals surface area contributed by atoms with E-state index in [1.165, 1.54) is 0 Å². The van der Waals surface area contributed by atoms with E-state index in [0.717, 1.165) is 36.1 Å². The molecule has 1 aromatic carbocycles. The molecule has 11 heteroatoms. The Hall–Kier alpha value is 0.410. The molecule has 1 rings (SSSR count). The first-order valence-electron chi connectivity index (χ1n) is 12.0. The molecule has 1 aromatic rings. The van der Waals surface area contributed by atoms with E-state index >= 15 is 0 Å². The van der Waals surface area contributed by atoms with Crippen LogP contribution in [-0.4, -0.2) is 56.9 Å². The van der Waals surface area contributed by atoms with E-state index in [9.17, 15) is 19.2 Å². The van der Waals surface area contributed by atoms with Gasteiger partial charge in [0, 0.05) is 38.3 Å². The molecule has 9 nitrogen and oxygen atoms in total. The molecule has 0 bridgehead atoms. The van der Waals surface area contributed by atoms with Gasteiger partial charge in [0.15, 0.2) is 11.8 Å². The van der Waals surface area contributed by atoms with Gasteiger partial charge in [0.05, 0.1) is 12.5 Å². The summed E-state index contributed by atoms with van der Waals surface area (Å²) < 4.78 is 5.30. The summed E-state index contributed by atoms with van der Waals surface area (Å²) in [5.41, 5.74) is 2.59. The van der Waals surface area contributed by atoms with Crippen molar-refractivity contribution in [3.05, 3.63) is 57.8 Å². The normalized spacial score (nSPS) is 10.4. The Morgan fingerprint density at radius 3 is 2.24 bits per heavy atom. The molecule has 37 heavy (non-hydrogen) atoms. The van der Waals surface area contributed by atoms with Gasteiger partial charge in [-0.1, -0.05) is 49.2 Å². The second kappa shape index (κ2) is 25.4. The van der Waals surface area contributed by atoms with Crippen LogP contribution in [0, 0.1) is 0 Å². The number of urea groups is 1. The van der Waals surface area contributed by atoms with Crippen LogP contribution in [0.2, 0.25) is 0 Å². The molecule has 0 spiro atoms. The van der Waals surface area contributed by atoms with E-state index in [1.54, 1.807) is 20.0 Å². The van der Waals surface area contributed by atoms with Crippen molar-refractivity contribution in [2.24, 2.45) is 0 Å². The summed E-state index contributed by atoms with van der Waals surface area (Å²) in [5, 5.41) is 13.5. The number of hydrogen-bond donors (Lipinski definition) is 2. The van der Waals surface area contributed by atoms with Crippen LogP contribution >= 0.6 is 0 Å². The molecule has 3 amide bonds. The summed E-state index contributed by atoms with van der Waals surface area (Å²) in [6, 6.07) is 7.07. The average molecular weight is 658 g/mol. The number of ketones is 2. The number of hydrogen-bond acceptors (Lipinski definition) is 6. The third kappa shape index (κ3) is 22.9. The smallest absolute Gasteiger partial charge is 0.648 e. The van der Waals surface area contributed by atoms with Gasteiger partial charge in [-0.15, -0.1) is 6.54 Å². The molecule has 194 valence electrons. The molecule has 0 aliphatic rings. The summed E-state index contributed by atoms with van der Waals surface area (Å²) in [5.74, 6) is -0.144. The number of ether oxygens (including phenoxy) is 1. The summed E-state index contributed by atoms with van der Waals surface area (Å²) >= 11 is 0. The molecule has 2 N–H and O–H groups in total. The van der Waals surface area contributed by atoms with E-state index in [4.69, 9.17) is 4.74 Å². The molecule has 0 aromatic heterocycles. The van der Waals surface area contributed by atoms with Crippen LogP contribution in [0.3, 0.4) is 0 Å². The number of carbonyl (C=O) groups excluding carboxylic acids is 4. The number of benzene rings is 1. The number of allylic oxidation sites excluding steroid dienone is 2. The number of Topliss-reactive ketones (excluding diaryl/α,β-unsaturated/α-hetero) is 1. The minimum atomic E-state index is -0.359. The second-order valence-corrected chi connectivity index (χ2v) is 8.28. The van der Waals surface area contributed by atoms with Crippen molar-refractivity contribution in [1.29, 1.82) is 0 Å². The maximum atomic E-state index is 11.9. The number of nitrogens with one attached hydrogen (secondary N) is 2. The Bertz CT molecular complexity index is 848. The van der Waals surface area contributed by atoms with Crippen molar-refractivity contribution >= 4 is 23.5 Å². The summed E-state index contributed by atoms with van der Waals surface area (Å²) in [7, 11) is 1.77. The van der Waals surface area contributed by atoms with Crippen molar-refractivity contribution < 1.29 is 140 Å². The fourth-order valence-electron chi connectivity index (χ4n) is 2.99. The molecule has 0 unspecified atom stereocenters. The van der Waals surface area contributed by atoms with Crippen LogP contribution in [0.15, 0.2) is 36.0 Å². The van der Waals surface area contributed by atoms with Gasteiger partial charge in [0.2, 0.25) is 0 Å². The Labute approximate surface area is 319 Å². The summed E-state index contributed by atoms with van der Waals surface area (Å²) in [6.45, 7) is 4.72. The largest absolute Gasteiger partial charge is 1.00 e. The molecule has 0 radical (unpaired) electrons. The quantitative estimate of drug-likeness (QED) is 0.139. The van der Waals surface area contributed by atoms with Gasteiger partial charge < -0.3 is 35.6 Å². The van der Waals surface area contributed by atoms with E-state index in [2.05, 4.69) is 21.3 Å². The van der Waals surface area contributed by atoms with Crippen LogP contribution in [0.4, 0.5) is 4.79 Å². The van der Waals surface area contributed by atoms with E-state index in [-0.39, 0.29) is 153 Å². The fourth-order valence-corrected chi connectivity index (χ4v) is 2.99. The number of unbranched alkanes of at least 4 members (excludes halogenated alkanes) is 2. The molecule has 0 saturated carbocycles. The van der Waals surface area contributed by atoms with Gasteiger partial charge in [-0.3, -0.25) is 9.59 Å². The zero-order valence-electron chi connectivity index (χ0n) is 23.1. The molecule has 0 aliphatic carbocycles. The molecule has 0 heterocycles. The molecule has 0 aliphatic heterocycles. The minimum Gasteiger partial charge on any atom is -0.648 e. The summed E-state index contributed by atoms with van der Waals surface area (Å²) in [4.78, 5) is 46.3. The Kier molecular flexibility index (Phi) is 27.1. The van der Waals surface area contributed by atoms with Crippen molar-refractivity contribution in [1.82, 2.24) is 10.6 Å². The zero-order valence-corrected chi connectivity index (χ0v) is 32.9. The van der Waals surface area contributed by atoms with Gasteiger partial charge in [0.25, 0.3) is 0 Å². The average Bonchev–Trinajstić information content (AvgIpc) is 2.82. The van der Waals surface area contributed by atoms with Crippen molar-refractivity contribution in [3.8, 4) is 0 Å². The van der Waals surface area contributed by atoms with E-state index in [0.29, 0.717) is 39.0 Å². The fraction of sp³-hybridized carbons (Fsp3) is 0.538. The van der Waals surface area contributed by atoms with E-state index < -0.39 is 0 Å². The monoisotopic (exact) mass is 656 g/mol. The van der Waals surface area contributed by atoms with Crippen LogP contribution < -0.4 is 127 Å². The first-order valence-corrected chi connectivity index (χ1v) is 12.0. The van der Waals surface area contributed by atoms with Gasteiger partial charge >= 0.3 is 116 Å². The minimum absolute atomic E-state index is 0. The zero-order chi connectivity index (χ0) is 25.9. The number of amides is 3. The van der Waals surface area contributed by atoms with E-state index in [1.807, 2.05) is 31.2 Å². The number of nitrogens with zero attached hydrogens (tertiary/aromatic N) is 2. The maximum absolute atomic E-state index is 11.9. The van der Waals surface area contributed by atoms with Crippen molar-refractivity contribution in [2.75, 3.05) is 33.4 Å². The number of carbonyl (C=O) groups is 4. The van der Waals surface area contributed by atoms with Gasteiger partial charge in [-0.25, -0.2) is 0 Å². The third-order valence-electron chi connectivity index (χ3n) is 5.02. The van der Waals surface area contributed by atoms with Gasteiger partial charge in [0.1, 0.15) is 5.78 Å². The van der Waals surface area contributed by atoms with Crippen LogP contribution in [0.5, 0.6) is 0 Å². The third-order valence-corrected chi connectivity index (χ3v) is 5.02. The molecule has 0 atom stereocenters. The predicted molar refractivity (Wildman–Crippen MR) is 136 cm³/mol. The number of rotatable bonds is 18. The first-order chi connectivity index (χ1) is 16.8. The Balaban J connectivity index is 0. The summed E-state index contributed by atoms with van der Waals surface area (Å²) in [6.07, 6.45) is 5.57. The van der Waals surface area contributed by atoms with Gasteiger partial charge in [-0.2, -0.15) is 0 Å². The molecule has 0 saturated heterocycles. The Morgan fingerprint density at radius 1 is 0.919 bits per heavy atom. The van der Waals surface area contributed by atoms with Gasteiger partial charge in [-0.05, 0) is 38.8 Å². The second-order valence-electron chi connectivity index (χ2n) is 8.28. The van der Waals surface area contributed by atoms with Crippen molar-refractivity contribution in [3.63, 3.8) is 0 Å². The van der Waals surface area contributed by atoms with Crippen LogP contribution in [-0.2, 0) is 32.1 Å². The molecular weight excluding hydrogens is 619 g/mol. The topological polar surface area (TPSA) is 130 Å². The van der Waals surface area contributed by atoms with Crippen LogP contribution in [0.1, 0.15) is 57.1 Å². The maximum Gasteiger partial charge on any atom is 1.00 e. The standard InChI is InChI=1S/C26H40N4O5.2Rb/c1-20(27-3)16-24(32)17-22-9-11-23(12-10-22)18-30-25(33)19-35-15-7-14-29-26(34)28-13-6-4-5-8-21(2)31;;/h9-12,16H,4-8,13-15,17-19H2,1-3H3,(H4,27,28,29,30,32,33,34);;/q;2*+1/p-2. The van der Waals surface area contributed by atoms with Crippen LogP contribution in [0.25, 0.3) is 10.6 Å². The molecule has 0 fully saturated rings.